The molecule has 0 aliphatic heterocycles. The topological polar surface area (TPSA) is 37.8 Å². The molecule has 1 aromatic carbocycles. The van der Waals surface area contributed by atoms with E-state index in [4.69, 9.17) is 0 Å². The van der Waals surface area contributed by atoms with Crippen molar-refractivity contribution in [3.05, 3.63) is 52.8 Å². The molecule has 0 bridgehead atoms. The van der Waals surface area contributed by atoms with E-state index < -0.39 is 0 Å². The van der Waals surface area contributed by atoms with Crippen LogP contribution < -0.4 is 5.32 Å². The van der Waals surface area contributed by atoms with Crippen LogP contribution in [0.3, 0.4) is 0 Å². The number of rotatable bonds is 3. The Hall–Kier alpha value is -1.49. The summed E-state index contributed by atoms with van der Waals surface area (Å²) in [6.07, 6.45) is 3.31. The molecule has 2 rings (SSSR count). The number of benzene rings is 1. The summed E-state index contributed by atoms with van der Waals surface area (Å²) in [5.41, 5.74) is 0.426. The monoisotopic (exact) mass is 281 g/mol. The summed E-state index contributed by atoms with van der Waals surface area (Å²) in [5, 5.41) is 2.95. The van der Waals surface area contributed by atoms with Gasteiger partial charge >= 0.3 is 0 Å². The highest BCUT2D eigenvalue weighted by molar-refractivity contribution is 9.10. The summed E-state index contributed by atoms with van der Waals surface area (Å²) in [7, 11) is 0. The van der Waals surface area contributed by atoms with Gasteiger partial charge in [-0.25, -0.2) is 14.4 Å². The molecule has 0 amide bonds. The first-order valence-corrected chi connectivity index (χ1v) is 5.50. The lowest BCUT2D eigenvalue weighted by molar-refractivity contribution is 0.629. The van der Waals surface area contributed by atoms with Crippen LogP contribution in [0.4, 0.5) is 10.1 Å². The van der Waals surface area contributed by atoms with Gasteiger partial charge in [-0.2, -0.15) is 0 Å². The van der Waals surface area contributed by atoms with Crippen molar-refractivity contribution >= 4 is 21.6 Å². The highest BCUT2D eigenvalue weighted by Gasteiger charge is 2.05. The quantitative estimate of drug-likeness (QED) is 0.940. The second-order valence-corrected chi connectivity index (χ2v) is 3.97. The van der Waals surface area contributed by atoms with Crippen molar-refractivity contribution in [2.75, 3.05) is 5.32 Å². The van der Waals surface area contributed by atoms with Crippen LogP contribution in [-0.4, -0.2) is 9.97 Å². The molecule has 1 aromatic heterocycles. The van der Waals surface area contributed by atoms with Crippen LogP contribution in [0.15, 0.2) is 41.1 Å². The van der Waals surface area contributed by atoms with Crippen LogP contribution >= 0.6 is 15.9 Å². The van der Waals surface area contributed by atoms with Crippen LogP contribution in [0.2, 0.25) is 0 Å². The minimum absolute atomic E-state index is 0.301. The number of nitrogens with one attached hydrogen (secondary N) is 1. The molecule has 2 aromatic rings. The number of hydrogen-bond acceptors (Lipinski definition) is 3. The Bertz CT molecular complexity index is 456. The number of hydrogen-bond donors (Lipinski definition) is 1. The van der Waals surface area contributed by atoms with E-state index in [0.29, 0.717) is 22.5 Å². The van der Waals surface area contributed by atoms with Gasteiger partial charge in [-0.3, -0.25) is 0 Å². The molecule has 5 heteroatoms. The SMILES string of the molecule is Fc1cccc(Br)c1NCc1ncccn1. The molecule has 82 valence electrons. The predicted molar refractivity (Wildman–Crippen MR) is 63.5 cm³/mol. The first kappa shape index (κ1) is 11.0. The number of halogens is 2. The first-order valence-electron chi connectivity index (χ1n) is 4.71. The van der Waals surface area contributed by atoms with Crippen molar-refractivity contribution in [3.63, 3.8) is 0 Å². The average Bonchev–Trinajstić information content (AvgIpc) is 2.30. The third kappa shape index (κ3) is 2.55. The van der Waals surface area contributed by atoms with Gasteiger partial charge < -0.3 is 5.32 Å². The van der Waals surface area contributed by atoms with Crippen LogP contribution in [-0.2, 0) is 6.54 Å². The van der Waals surface area contributed by atoms with Crippen molar-refractivity contribution in [2.24, 2.45) is 0 Å². The normalized spacial score (nSPS) is 10.1. The molecule has 3 nitrogen and oxygen atoms in total. The Morgan fingerprint density at radius 1 is 1.19 bits per heavy atom. The molecule has 1 heterocycles. The third-order valence-corrected chi connectivity index (χ3v) is 2.67. The van der Waals surface area contributed by atoms with E-state index in [2.05, 4.69) is 31.2 Å². The fourth-order valence-electron chi connectivity index (χ4n) is 1.26. The fourth-order valence-corrected chi connectivity index (χ4v) is 1.74. The zero-order valence-electron chi connectivity index (χ0n) is 8.32. The molecule has 16 heavy (non-hydrogen) atoms. The molecule has 0 aliphatic rings. The van der Waals surface area contributed by atoms with Gasteiger partial charge in [0, 0.05) is 16.9 Å². The van der Waals surface area contributed by atoms with Crippen LogP contribution in [0.5, 0.6) is 0 Å². The second kappa shape index (κ2) is 5.03. The van der Waals surface area contributed by atoms with E-state index in [1.807, 2.05) is 0 Å². The maximum absolute atomic E-state index is 13.4. The number of para-hydroxylation sites is 1. The Labute approximate surface area is 101 Å². The van der Waals surface area contributed by atoms with Crippen molar-refractivity contribution in [1.82, 2.24) is 9.97 Å². The maximum Gasteiger partial charge on any atom is 0.147 e. The fraction of sp³-hybridized carbons (Fsp3) is 0.0909. The summed E-state index contributed by atoms with van der Waals surface area (Å²) in [4.78, 5) is 8.08. The van der Waals surface area contributed by atoms with Gasteiger partial charge in [-0.05, 0) is 34.1 Å². The Kier molecular flexibility index (Phi) is 3.46. The van der Waals surface area contributed by atoms with Crippen molar-refractivity contribution in [3.8, 4) is 0 Å². The molecule has 0 unspecified atom stereocenters. The lowest BCUT2D eigenvalue weighted by Gasteiger charge is -2.08. The molecule has 0 saturated heterocycles. The standard InChI is InChI=1S/C11H9BrFN3/c12-8-3-1-4-9(13)11(8)16-7-10-14-5-2-6-15-10/h1-6,16H,7H2. The van der Waals surface area contributed by atoms with Crippen LogP contribution in [0.25, 0.3) is 0 Å². The predicted octanol–water partition coefficient (Wildman–Crippen LogP) is 2.99. The van der Waals surface area contributed by atoms with E-state index in [0.717, 1.165) is 0 Å². The molecule has 0 saturated carbocycles. The lowest BCUT2D eigenvalue weighted by atomic mass is 10.3. The van der Waals surface area contributed by atoms with Crippen molar-refractivity contribution < 1.29 is 4.39 Å². The number of nitrogens with zero attached hydrogens (tertiary/aromatic N) is 2. The van der Waals surface area contributed by atoms with E-state index in [1.165, 1.54) is 6.07 Å². The highest BCUT2D eigenvalue weighted by Crippen LogP contribution is 2.25. The van der Waals surface area contributed by atoms with Crippen LogP contribution in [0.1, 0.15) is 5.82 Å². The van der Waals surface area contributed by atoms with E-state index in [-0.39, 0.29) is 5.82 Å². The largest absolute Gasteiger partial charge is 0.374 e. The van der Waals surface area contributed by atoms with Crippen LogP contribution in [0, 0.1) is 5.82 Å². The summed E-state index contributed by atoms with van der Waals surface area (Å²) < 4.78 is 14.1. The molecule has 0 spiro atoms. The summed E-state index contributed by atoms with van der Waals surface area (Å²) in [6.45, 7) is 0.389. The zero-order chi connectivity index (χ0) is 11.4. The van der Waals surface area contributed by atoms with Crippen molar-refractivity contribution in [1.29, 1.82) is 0 Å². The van der Waals surface area contributed by atoms with Gasteiger partial charge in [-0.1, -0.05) is 6.07 Å². The first-order chi connectivity index (χ1) is 7.77. The number of aromatic nitrogens is 2. The summed E-state index contributed by atoms with van der Waals surface area (Å²) in [6, 6.07) is 6.56. The van der Waals surface area contributed by atoms with Gasteiger partial charge in [-0.15, -0.1) is 0 Å². The molecule has 0 atom stereocenters. The Morgan fingerprint density at radius 3 is 2.62 bits per heavy atom. The minimum atomic E-state index is -0.301. The van der Waals surface area contributed by atoms with E-state index >= 15 is 0 Å². The lowest BCUT2D eigenvalue weighted by Crippen LogP contribution is -2.05. The molecule has 0 aliphatic carbocycles. The second-order valence-electron chi connectivity index (χ2n) is 3.12. The molecule has 0 radical (unpaired) electrons. The zero-order valence-corrected chi connectivity index (χ0v) is 9.91. The van der Waals surface area contributed by atoms with Gasteiger partial charge in [0.15, 0.2) is 0 Å². The molecule has 1 N–H and O–H groups in total. The Morgan fingerprint density at radius 2 is 1.94 bits per heavy atom. The highest BCUT2D eigenvalue weighted by atomic mass is 79.9. The molecule has 0 fully saturated rings. The molecular formula is C11H9BrFN3. The van der Waals surface area contributed by atoms with Gasteiger partial charge in [0.1, 0.15) is 11.6 Å². The van der Waals surface area contributed by atoms with Gasteiger partial charge in [0.25, 0.3) is 0 Å². The number of anilines is 1. The average molecular weight is 282 g/mol. The third-order valence-electron chi connectivity index (χ3n) is 2.01. The Balaban J connectivity index is 2.11. The summed E-state index contributed by atoms with van der Waals surface area (Å²) >= 11 is 3.28. The molecular weight excluding hydrogens is 273 g/mol. The van der Waals surface area contributed by atoms with E-state index in [9.17, 15) is 4.39 Å². The minimum Gasteiger partial charge on any atom is -0.374 e. The summed E-state index contributed by atoms with van der Waals surface area (Å²) in [5.74, 6) is 0.322. The smallest absolute Gasteiger partial charge is 0.147 e. The van der Waals surface area contributed by atoms with Gasteiger partial charge in [0.05, 0.1) is 12.2 Å². The van der Waals surface area contributed by atoms with Crippen molar-refractivity contribution in [2.45, 2.75) is 6.54 Å². The maximum atomic E-state index is 13.4. The van der Waals surface area contributed by atoms with E-state index in [1.54, 1.807) is 30.6 Å². The van der Waals surface area contributed by atoms with Gasteiger partial charge in [0.2, 0.25) is 0 Å².